The summed E-state index contributed by atoms with van der Waals surface area (Å²) in [4.78, 5) is 23.0. The lowest BCUT2D eigenvalue weighted by Gasteiger charge is -2.09. The molecule has 0 aliphatic heterocycles. The Morgan fingerprint density at radius 2 is 1.82 bits per heavy atom. The maximum Gasteiger partial charge on any atom is 0.345 e. The molecule has 1 aromatic rings. The van der Waals surface area contributed by atoms with Crippen LogP contribution in [0, 0.1) is 0 Å². The highest BCUT2D eigenvalue weighted by Crippen LogP contribution is 2.29. The van der Waals surface area contributed by atoms with Crippen LogP contribution in [0.4, 0.5) is 0 Å². The number of carbonyl (C=O) groups excluding carboxylic acids is 2. The Kier molecular flexibility index (Phi) is 7.18. The van der Waals surface area contributed by atoms with E-state index in [9.17, 15) is 19.8 Å². The summed E-state index contributed by atoms with van der Waals surface area (Å²) < 4.78 is 4.47. The highest BCUT2D eigenvalue weighted by Gasteiger charge is 2.18. The minimum Gasteiger partial charge on any atom is -0.507 e. The van der Waals surface area contributed by atoms with E-state index in [1.54, 1.807) is 0 Å². The molecule has 0 bridgehead atoms. The molecule has 0 saturated heterocycles. The molecular weight excluding hydrogens is 288 g/mol. The van der Waals surface area contributed by atoms with Crippen molar-refractivity contribution in [3.8, 4) is 11.5 Å². The number of quaternary nitrogens is 1. The number of unbranched alkanes of at least 4 members (excludes halogenated alkanes) is 2. The first kappa shape index (κ1) is 17.8. The van der Waals surface area contributed by atoms with Gasteiger partial charge in [0.05, 0.1) is 13.7 Å². The van der Waals surface area contributed by atoms with Crippen LogP contribution in [0.25, 0.3) is 0 Å². The fourth-order valence-electron chi connectivity index (χ4n) is 2.01. The van der Waals surface area contributed by atoms with Crippen molar-refractivity contribution >= 4 is 11.9 Å². The first-order chi connectivity index (χ1) is 10.5. The molecular formula is C15H23N2O5+. The number of methoxy groups -OCH3 is 1. The van der Waals surface area contributed by atoms with E-state index in [4.69, 9.17) is 0 Å². The number of nitrogens with one attached hydrogen (secondary N) is 1. The molecule has 0 heterocycles. The lowest BCUT2D eigenvalue weighted by Crippen LogP contribution is -2.50. The molecule has 7 nitrogen and oxygen atoms in total. The van der Waals surface area contributed by atoms with Crippen molar-refractivity contribution in [2.24, 2.45) is 0 Å². The number of hydrogen-bond donors (Lipinski definition) is 4. The lowest BCUT2D eigenvalue weighted by molar-refractivity contribution is -0.368. The molecule has 22 heavy (non-hydrogen) atoms. The van der Waals surface area contributed by atoms with Crippen molar-refractivity contribution in [2.45, 2.75) is 32.2 Å². The Balaban J connectivity index is 2.57. The smallest absolute Gasteiger partial charge is 0.345 e. The highest BCUT2D eigenvalue weighted by atomic mass is 16.5. The summed E-state index contributed by atoms with van der Waals surface area (Å²) in [6.45, 7) is 1.03. The molecule has 0 aliphatic rings. The van der Waals surface area contributed by atoms with E-state index in [2.05, 4.69) is 15.8 Å². The molecule has 0 radical (unpaired) electrons. The summed E-state index contributed by atoms with van der Waals surface area (Å²) in [6, 6.07) is 2.63. The number of carbonyl (C=O) groups is 2. The highest BCUT2D eigenvalue weighted by molar-refractivity contribution is 5.95. The zero-order valence-corrected chi connectivity index (χ0v) is 12.7. The maximum absolute atomic E-state index is 11.6. The largest absolute Gasteiger partial charge is 0.507 e. The van der Waals surface area contributed by atoms with Gasteiger partial charge in [0.1, 0.15) is 17.1 Å². The minimum absolute atomic E-state index is 0.0971. The Morgan fingerprint density at radius 1 is 1.18 bits per heavy atom. The third-order valence-corrected chi connectivity index (χ3v) is 3.19. The van der Waals surface area contributed by atoms with Crippen molar-refractivity contribution in [1.29, 1.82) is 0 Å². The van der Waals surface area contributed by atoms with Crippen molar-refractivity contribution in [2.75, 3.05) is 13.7 Å². The molecule has 0 spiro atoms. The van der Waals surface area contributed by atoms with Crippen LogP contribution in [0.5, 0.6) is 11.5 Å². The number of phenols is 2. The van der Waals surface area contributed by atoms with Gasteiger partial charge in [0, 0.05) is 13.0 Å². The van der Waals surface area contributed by atoms with E-state index < -0.39 is 5.97 Å². The summed E-state index contributed by atoms with van der Waals surface area (Å²) in [5, 5.41) is 22.2. The second-order valence-corrected chi connectivity index (χ2v) is 4.94. The minimum atomic E-state index is -0.823. The zero-order valence-electron chi connectivity index (χ0n) is 12.7. The van der Waals surface area contributed by atoms with Crippen LogP contribution in [0.1, 0.15) is 41.6 Å². The first-order valence-electron chi connectivity index (χ1n) is 7.18. The van der Waals surface area contributed by atoms with Gasteiger partial charge in [-0.3, -0.25) is 4.79 Å². The van der Waals surface area contributed by atoms with Crippen LogP contribution < -0.4 is 11.1 Å². The van der Waals surface area contributed by atoms with Crippen LogP contribution in [0.3, 0.4) is 0 Å². The Bertz CT molecular complexity index is 508. The van der Waals surface area contributed by atoms with Crippen molar-refractivity contribution in [3.05, 3.63) is 23.3 Å². The van der Waals surface area contributed by atoms with Gasteiger partial charge in [-0.05, 0) is 37.0 Å². The van der Waals surface area contributed by atoms with E-state index in [0.29, 0.717) is 12.0 Å². The van der Waals surface area contributed by atoms with Crippen molar-refractivity contribution in [3.63, 3.8) is 0 Å². The van der Waals surface area contributed by atoms with Crippen molar-refractivity contribution in [1.82, 2.24) is 5.32 Å². The topological polar surface area (TPSA) is 124 Å². The average molecular weight is 311 g/mol. The fourth-order valence-corrected chi connectivity index (χ4v) is 2.01. The quantitative estimate of drug-likeness (QED) is 0.406. The lowest BCUT2D eigenvalue weighted by atomic mass is 10.1. The molecule has 0 unspecified atom stereocenters. The summed E-state index contributed by atoms with van der Waals surface area (Å²) in [5.41, 5.74) is 3.95. The number of phenolic OH excluding ortho intramolecular Hbond substituents is 2. The van der Waals surface area contributed by atoms with Gasteiger partial charge in [0.25, 0.3) is 0 Å². The van der Waals surface area contributed by atoms with Gasteiger partial charge in [-0.15, -0.1) is 0 Å². The Morgan fingerprint density at radius 3 is 2.36 bits per heavy atom. The van der Waals surface area contributed by atoms with Crippen molar-refractivity contribution < 1.29 is 30.3 Å². The van der Waals surface area contributed by atoms with Gasteiger partial charge in [-0.2, -0.15) is 0 Å². The summed E-state index contributed by atoms with van der Waals surface area (Å²) in [6.07, 6.45) is 3.20. The van der Waals surface area contributed by atoms with E-state index in [-0.39, 0.29) is 29.5 Å². The summed E-state index contributed by atoms with van der Waals surface area (Å²) >= 11 is 0. The molecule has 0 aliphatic carbocycles. The third-order valence-electron chi connectivity index (χ3n) is 3.19. The van der Waals surface area contributed by atoms with Crippen LogP contribution in [0.2, 0.25) is 0 Å². The number of rotatable bonds is 8. The maximum atomic E-state index is 11.6. The zero-order chi connectivity index (χ0) is 16.5. The number of benzene rings is 1. The number of ether oxygens (including phenoxy) is 1. The van der Waals surface area contributed by atoms with E-state index in [0.717, 1.165) is 32.9 Å². The number of aromatic hydroxyl groups is 2. The predicted octanol–water partition coefficient (Wildman–Crippen LogP) is 0.303. The van der Waals surface area contributed by atoms with Gasteiger partial charge in [-0.25, -0.2) is 4.79 Å². The van der Waals surface area contributed by atoms with Gasteiger partial charge >= 0.3 is 5.97 Å². The Hall–Kier alpha value is -2.28. The fraction of sp³-hybridized carbons (Fsp3) is 0.467. The van der Waals surface area contributed by atoms with E-state index in [1.165, 1.54) is 12.1 Å². The molecule has 0 saturated carbocycles. The van der Waals surface area contributed by atoms with Gasteiger partial charge in [0.2, 0.25) is 5.91 Å². The SMILES string of the molecule is COC(=O)c1c(O)cc(CNC(=O)CCCCC[NH3+])cc1O. The number of esters is 1. The second kappa shape index (κ2) is 8.89. The molecule has 0 fully saturated rings. The monoisotopic (exact) mass is 311 g/mol. The standard InChI is InChI=1S/C15H22N2O5/c1-22-15(21)14-11(18)7-10(8-12(14)19)9-17-13(20)5-3-2-4-6-16/h7-8,18-19H,2-6,9,16H2,1H3,(H,17,20)/p+1. The molecule has 6 N–H and O–H groups in total. The van der Waals surface area contributed by atoms with Crippen LogP contribution in [-0.4, -0.2) is 35.7 Å². The molecule has 1 rings (SSSR count). The Labute approximate surface area is 129 Å². The van der Waals surface area contributed by atoms with Crippen LogP contribution >= 0.6 is 0 Å². The molecule has 0 aromatic heterocycles. The van der Waals surface area contributed by atoms with E-state index in [1.807, 2.05) is 0 Å². The number of hydrogen-bond acceptors (Lipinski definition) is 5. The molecule has 1 amide bonds. The molecule has 1 aromatic carbocycles. The normalized spacial score (nSPS) is 10.3. The predicted molar refractivity (Wildman–Crippen MR) is 79.2 cm³/mol. The summed E-state index contributed by atoms with van der Waals surface area (Å²) in [5.74, 6) is -1.69. The molecule has 7 heteroatoms. The first-order valence-corrected chi connectivity index (χ1v) is 7.18. The molecule has 0 atom stereocenters. The van der Waals surface area contributed by atoms with E-state index >= 15 is 0 Å². The van der Waals surface area contributed by atoms with Gasteiger partial charge in [-0.1, -0.05) is 0 Å². The van der Waals surface area contributed by atoms with Crippen LogP contribution in [-0.2, 0) is 16.1 Å². The van der Waals surface area contributed by atoms with Gasteiger partial charge in [0.15, 0.2) is 0 Å². The average Bonchev–Trinajstić information content (AvgIpc) is 2.48. The second-order valence-electron chi connectivity index (χ2n) is 4.94. The summed E-state index contributed by atoms with van der Waals surface area (Å²) in [7, 11) is 1.16. The molecule has 122 valence electrons. The third kappa shape index (κ3) is 5.25. The number of amides is 1. The van der Waals surface area contributed by atoms with Gasteiger partial charge < -0.3 is 26.0 Å². The van der Waals surface area contributed by atoms with Crippen LogP contribution in [0.15, 0.2) is 12.1 Å².